The minimum atomic E-state index is -0.161. The van der Waals surface area contributed by atoms with E-state index in [0.717, 1.165) is 38.8 Å². The molecule has 0 spiro atoms. The van der Waals surface area contributed by atoms with Crippen molar-refractivity contribution in [3.63, 3.8) is 0 Å². The summed E-state index contributed by atoms with van der Waals surface area (Å²) in [5.74, 6) is -0.239. The number of rotatable bonds is 6. The van der Waals surface area contributed by atoms with E-state index in [4.69, 9.17) is 5.73 Å². The van der Waals surface area contributed by atoms with Gasteiger partial charge in [-0.05, 0) is 19.3 Å². The molecule has 1 rings (SSSR count). The van der Waals surface area contributed by atoms with Crippen LogP contribution in [0, 0.1) is 5.92 Å². The molecule has 1 saturated heterocycles. The van der Waals surface area contributed by atoms with E-state index in [-0.39, 0.29) is 24.3 Å². The Morgan fingerprint density at radius 3 is 2.53 bits per heavy atom. The van der Waals surface area contributed by atoms with Gasteiger partial charge in [-0.1, -0.05) is 13.3 Å². The van der Waals surface area contributed by atoms with E-state index in [2.05, 4.69) is 5.32 Å². The monoisotopic (exact) mass is 241 g/mol. The Balaban J connectivity index is 2.28. The second-order valence-corrected chi connectivity index (χ2v) is 4.53. The summed E-state index contributed by atoms with van der Waals surface area (Å²) >= 11 is 0. The average molecular weight is 241 g/mol. The molecular formula is C12H23N3O2. The van der Waals surface area contributed by atoms with Crippen molar-refractivity contribution in [3.05, 3.63) is 0 Å². The van der Waals surface area contributed by atoms with Crippen molar-refractivity contribution in [2.24, 2.45) is 11.7 Å². The van der Waals surface area contributed by atoms with Crippen molar-refractivity contribution in [1.29, 1.82) is 0 Å². The predicted octanol–water partition coefficient (Wildman–Crippen LogP) is 0.100. The highest BCUT2D eigenvalue weighted by Gasteiger charge is 2.20. The summed E-state index contributed by atoms with van der Waals surface area (Å²) < 4.78 is 0. The highest BCUT2D eigenvalue weighted by molar-refractivity contribution is 5.86. The van der Waals surface area contributed by atoms with Gasteiger partial charge in [0.25, 0.3) is 0 Å². The summed E-state index contributed by atoms with van der Waals surface area (Å²) in [5.41, 5.74) is 5.53. The quantitative estimate of drug-likeness (QED) is 0.692. The Bertz CT molecular complexity index is 262. The van der Waals surface area contributed by atoms with Crippen molar-refractivity contribution in [1.82, 2.24) is 10.2 Å². The molecule has 1 fully saturated rings. The Kier molecular flexibility index (Phi) is 5.97. The minimum absolute atomic E-state index is 0.0168. The van der Waals surface area contributed by atoms with Crippen LogP contribution in [0.15, 0.2) is 0 Å². The van der Waals surface area contributed by atoms with Crippen molar-refractivity contribution < 1.29 is 9.59 Å². The smallest absolute Gasteiger partial charge is 0.241 e. The first-order valence-corrected chi connectivity index (χ1v) is 6.44. The molecule has 0 radical (unpaired) electrons. The predicted molar refractivity (Wildman–Crippen MR) is 66.3 cm³/mol. The fraction of sp³-hybridized carbons (Fsp3) is 0.833. The molecule has 1 aliphatic rings. The number of carbonyl (C=O) groups excluding carboxylic acids is 2. The van der Waals surface area contributed by atoms with E-state index in [1.165, 1.54) is 0 Å². The van der Waals surface area contributed by atoms with Gasteiger partial charge in [0.1, 0.15) is 0 Å². The van der Waals surface area contributed by atoms with E-state index in [9.17, 15) is 9.59 Å². The lowest BCUT2D eigenvalue weighted by molar-refractivity contribution is -0.133. The van der Waals surface area contributed by atoms with Crippen LogP contribution in [-0.4, -0.2) is 42.9 Å². The summed E-state index contributed by atoms with van der Waals surface area (Å²) in [5, 5.41) is 2.68. The molecule has 0 aromatic heterocycles. The standard InChI is InChI=1S/C12H23N3O2/c1-2-5-10(8-13)12(17)14-9-11(16)15-6-3-4-7-15/h10H,2-9,13H2,1H3,(H,14,17). The van der Waals surface area contributed by atoms with Crippen molar-refractivity contribution >= 4 is 11.8 Å². The lowest BCUT2D eigenvalue weighted by Gasteiger charge is -2.17. The summed E-state index contributed by atoms with van der Waals surface area (Å²) in [7, 11) is 0. The Labute approximate surface area is 103 Å². The zero-order valence-corrected chi connectivity index (χ0v) is 10.6. The molecule has 1 heterocycles. The number of carbonyl (C=O) groups is 2. The summed E-state index contributed by atoms with van der Waals surface area (Å²) in [4.78, 5) is 25.2. The van der Waals surface area contributed by atoms with Gasteiger partial charge in [0.15, 0.2) is 0 Å². The average Bonchev–Trinajstić information content (AvgIpc) is 2.86. The van der Waals surface area contributed by atoms with Gasteiger partial charge in [-0.15, -0.1) is 0 Å². The van der Waals surface area contributed by atoms with Gasteiger partial charge in [0, 0.05) is 19.6 Å². The maximum absolute atomic E-state index is 11.7. The molecule has 5 nitrogen and oxygen atoms in total. The van der Waals surface area contributed by atoms with Crippen LogP contribution in [0.3, 0.4) is 0 Å². The molecule has 3 N–H and O–H groups in total. The van der Waals surface area contributed by atoms with Crippen LogP contribution in [0.5, 0.6) is 0 Å². The van der Waals surface area contributed by atoms with Gasteiger partial charge in [-0.3, -0.25) is 9.59 Å². The molecule has 1 unspecified atom stereocenters. The molecule has 1 atom stereocenters. The zero-order valence-electron chi connectivity index (χ0n) is 10.6. The van der Waals surface area contributed by atoms with Gasteiger partial charge in [-0.25, -0.2) is 0 Å². The number of nitrogens with two attached hydrogens (primary N) is 1. The molecule has 2 amide bonds. The van der Waals surface area contributed by atoms with Gasteiger partial charge in [0.05, 0.1) is 12.5 Å². The summed E-state index contributed by atoms with van der Waals surface area (Å²) in [6.45, 7) is 4.12. The summed E-state index contributed by atoms with van der Waals surface area (Å²) in [6, 6.07) is 0. The van der Waals surface area contributed by atoms with Crippen LogP contribution in [0.4, 0.5) is 0 Å². The number of nitrogens with zero attached hydrogens (tertiary/aromatic N) is 1. The molecule has 17 heavy (non-hydrogen) atoms. The lowest BCUT2D eigenvalue weighted by atomic mass is 10.0. The molecule has 0 aromatic rings. The highest BCUT2D eigenvalue weighted by Crippen LogP contribution is 2.07. The first kappa shape index (κ1) is 14.0. The normalized spacial score (nSPS) is 16.9. The van der Waals surface area contributed by atoms with Gasteiger partial charge in [-0.2, -0.15) is 0 Å². The molecule has 1 aliphatic heterocycles. The number of hydrogen-bond donors (Lipinski definition) is 2. The fourth-order valence-electron chi connectivity index (χ4n) is 2.09. The van der Waals surface area contributed by atoms with E-state index >= 15 is 0 Å². The Hall–Kier alpha value is -1.10. The highest BCUT2D eigenvalue weighted by atomic mass is 16.2. The molecule has 0 saturated carbocycles. The van der Waals surface area contributed by atoms with Gasteiger partial charge >= 0.3 is 0 Å². The van der Waals surface area contributed by atoms with Gasteiger partial charge < -0.3 is 16.0 Å². The van der Waals surface area contributed by atoms with Gasteiger partial charge in [0.2, 0.25) is 11.8 Å². The first-order chi connectivity index (χ1) is 8.19. The molecule has 98 valence electrons. The molecule has 0 bridgehead atoms. The second-order valence-electron chi connectivity index (χ2n) is 4.53. The largest absolute Gasteiger partial charge is 0.347 e. The number of nitrogens with one attached hydrogen (secondary N) is 1. The third kappa shape index (κ3) is 4.34. The van der Waals surface area contributed by atoms with Crippen molar-refractivity contribution in [3.8, 4) is 0 Å². The maximum atomic E-state index is 11.7. The third-order valence-electron chi connectivity index (χ3n) is 3.17. The molecular weight excluding hydrogens is 218 g/mol. The number of hydrogen-bond acceptors (Lipinski definition) is 3. The minimum Gasteiger partial charge on any atom is -0.347 e. The van der Waals surface area contributed by atoms with Crippen LogP contribution in [-0.2, 0) is 9.59 Å². The molecule has 0 aromatic carbocycles. The van der Waals surface area contributed by atoms with Crippen LogP contribution < -0.4 is 11.1 Å². The van der Waals surface area contributed by atoms with Crippen LogP contribution in [0.1, 0.15) is 32.6 Å². The second kappa shape index (κ2) is 7.27. The molecule has 5 heteroatoms. The van der Waals surface area contributed by atoms with E-state index in [0.29, 0.717) is 6.54 Å². The molecule has 0 aliphatic carbocycles. The number of amides is 2. The van der Waals surface area contributed by atoms with Crippen LogP contribution in [0.2, 0.25) is 0 Å². The topological polar surface area (TPSA) is 75.4 Å². The van der Waals surface area contributed by atoms with Crippen LogP contribution in [0.25, 0.3) is 0 Å². The van der Waals surface area contributed by atoms with Crippen molar-refractivity contribution in [2.45, 2.75) is 32.6 Å². The van der Waals surface area contributed by atoms with Crippen LogP contribution >= 0.6 is 0 Å². The van der Waals surface area contributed by atoms with E-state index in [1.54, 1.807) is 4.90 Å². The first-order valence-electron chi connectivity index (χ1n) is 6.44. The Morgan fingerprint density at radius 2 is 2.00 bits per heavy atom. The van der Waals surface area contributed by atoms with Crippen molar-refractivity contribution in [2.75, 3.05) is 26.2 Å². The lowest BCUT2D eigenvalue weighted by Crippen LogP contribution is -2.42. The van der Waals surface area contributed by atoms with E-state index < -0.39 is 0 Å². The maximum Gasteiger partial charge on any atom is 0.241 e. The fourth-order valence-corrected chi connectivity index (χ4v) is 2.09. The SMILES string of the molecule is CCCC(CN)C(=O)NCC(=O)N1CCCC1. The third-order valence-corrected chi connectivity index (χ3v) is 3.17. The Morgan fingerprint density at radius 1 is 1.35 bits per heavy atom. The zero-order chi connectivity index (χ0) is 12.7. The summed E-state index contributed by atoms with van der Waals surface area (Å²) in [6.07, 6.45) is 3.84. The van der Waals surface area contributed by atoms with E-state index in [1.807, 2.05) is 6.92 Å². The number of likely N-dealkylation sites (tertiary alicyclic amines) is 1.